The Kier molecular flexibility index (Phi) is 4.85. The molecular weight excluding hydrogens is 332 g/mol. The standard InChI is InChI=1S/C16H13ClN4OS/c17-14-9-5-4-6-12(14)10-18-21-15(19-20-16(21)23)11-22-13-7-2-1-3-8-13/h1-10H,11H2,(H,20,23)/b18-10+. The number of H-pyrrole nitrogens is 1. The van der Waals surface area contributed by atoms with Crippen LogP contribution in [0.4, 0.5) is 0 Å². The van der Waals surface area contributed by atoms with E-state index in [0.29, 0.717) is 15.6 Å². The van der Waals surface area contributed by atoms with Crippen LogP contribution >= 0.6 is 23.8 Å². The molecular formula is C16H13ClN4OS. The van der Waals surface area contributed by atoms with Crippen LogP contribution in [-0.4, -0.2) is 21.1 Å². The van der Waals surface area contributed by atoms with E-state index in [1.165, 1.54) is 4.68 Å². The van der Waals surface area contributed by atoms with E-state index in [9.17, 15) is 0 Å². The fourth-order valence-corrected chi connectivity index (χ4v) is 2.28. The SMILES string of the molecule is S=c1[nH]nc(COc2ccccc2)n1/N=C/c1ccccc1Cl. The van der Waals surface area contributed by atoms with Crippen molar-refractivity contribution in [2.75, 3.05) is 0 Å². The van der Waals surface area contributed by atoms with Crippen molar-refractivity contribution >= 4 is 30.0 Å². The van der Waals surface area contributed by atoms with E-state index in [2.05, 4.69) is 15.3 Å². The van der Waals surface area contributed by atoms with Gasteiger partial charge in [-0.1, -0.05) is 48.0 Å². The molecule has 116 valence electrons. The molecule has 0 aliphatic carbocycles. The number of aromatic amines is 1. The summed E-state index contributed by atoms with van der Waals surface area (Å²) in [5.74, 6) is 1.32. The van der Waals surface area contributed by atoms with E-state index < -0.39 is 0 Å². The van der Waals surface area contributed by atoms with Gasteiger partial charge >= 0.3 is 0 Å². The summed E-state index contributed by atoms with van der Waals surface area (Å²) >= 11 is 11.3. The second-order valence-electron chi connectivity index (χ2n) is 4.62. The van der Waals surface area contributed by atoms with Crippen LogP contribution in [0.25, 0.3) is 0 Å². The van der Waals surface area contributed by atoms with Crippen molar-refractivity contribution in [1.82, 2.24) is 14.9 Å². The number of halogens is 1. The van der Waals surface area contributed by atoms with Crippen LogP contribution in [0.5, 0.6) is 5.75 Å². The van der Waals surface area contributed by atoms with E-state index in [1.54, 1.807) is 12.3 Å². The highest BCUT2D eigenvalue weighted by Crippen LogP contribution is 2.13. The molecule has 0 amide bonds. The average molecular weight is 345 g/mol. The normalized spacial score (nSPS) is 11.0. The molecule has 0 saturated heterocycles. The van der Waals surface area contributed by atoms with Gasteiger partial charge in [0, 0.05) is 10.6 Å². The van der Waals surface area contributed by atoms with Crippen LogP contribution in [0, 0.1) is 4.77 Å². The Labute approximate surface area is 143 Å². The number of rotatable bonds is 5. The topological polar surface area (TPSA) is 55.2 Å². The van der Waals surface area contributed by atoms with Gasteiger partial charge < -0.3 is 4.74 Å². The monoisotopic (exact) mass is 344 g/mol. The number of nitrogens with one attached hydrogen (secondary N) is 1. The van der Waals surface area contributed by atoms with Crippen molar-refractivity contribution in [2.45, 2.75) is 6.61 Å². The third-order valence-corrected chi connectivity index (χ3v) is 3.65. The Morgan fingerprint density at radius 2 is 1.91 bits per heavy atom. The van der Waals surface area contributed by atoms with Crippen LogP contribution in [0.2, 0.25) is 5.02 Å². The maximum Gasteiger partial charge on any atom is 0.216 e. The highest BCUT2D eigenvalue weighted by atomic mass is 35.5. The van der Waals surface area contributed by atoms with E-state index >= 15 is 0 Å². The highest BCUT2D eigenvalue weighted by Gasteiger charge is 2.06. The molecule has 0 bridgehead atoms. The van der Waals surface area contributed by atoms with Crippen molar-refractivity contribution in [2.24, 2.45) is 5.10 Å². The fraction of sp³-hybridized carbons (Fsp3) is 0.0625. The second-order valence-corrected chi connectivity index (χ2v) is 5.42. The largest absolute Gasteiger partial charge is 0.486 e. The van der Waals surface area contributed by atoms with Crippen LogP contribution in [0.15, 0.2) is 59.7 Å². The number of benzene rings is 2. The van der Waals surface area contributed by atoms with Gasteiger partial charge in [-0.05, 0) is 30.4 Å². The zero-order valence-corrected chi connectivity index (χ0v) is 13.6. The summed E-state index contributed by atoms with van der Waals surface area (Å²) in [6.07, 6.45) is 1.64. The lowest BCUT2D eigenvalue weighted by Gasteiger charge is -2.05. The Balaban J connectivity index is 1.79. The molecule has 1 N–H and O–H groups in total. The molecule has 0 aliphatic heterocycles. The Morgan fingerprint density at radius 3 is 2.70 bits per heavy atom. The molecule has 5 nitrogen and oxygen atoms in total. The molecule has 1 heterocycles. The first-order valence-electron chi connectivity index (χ1n) is 6.87. The lowest BCUT2D eigenvalue weighted by molar-refractivity contribution is 0.290. The average Bonchev–Trinajstić information content (AvgIpc) is 2.93. The van der Waals surface area contributed by atoms with Gasteiger partial charge in [0.05, 0.1) is 6.21 Å². The summed E-state index contributed by atoms with van der Waals surface area (Å²) in [4.78, 5) is 0. The smallest absolute Gasteiger partial charge is 0.216 e. The van der Waals surface area contributed by atoms with E-state index in [4.69, 9.17) is 28.6 Å². The van der Waals surface area contributed by atoms with Gasteiger partial charge in [0.25, 0.3) is 0 Å². The summed E-state index contributed by atoms with van der Waals surface area (Å²) in [7, 11) is 0. The third-order valence-electron chi connectivity index (χ3n) is 3.05. The molecule has 0 fully saturated rings. The first kappa shape index (κ1) is 15.5. The Hall–Kier alpha value is -2.44. The van der Waals surface area contributed by atoms with Crippen LogP contribution in [-0.2, 0) is 6.61 Å². The minimum atomic E-state index is 0.247. The minimum Gasteiger partial charge on any atom is -0.486 e. The van der Waals surface area contributed by atoms with Gasteiger partial charge in [-0.2, -0.15) is 14.9 Å². The molecule has 2 aromatic carbocycles. The van der Waals surface area contributed by atoms with E-state index in [1.807, 2.05) is 48.5 Å². The van der Waals surface area contributed by atoms with Gasteiger partial charge in [0.15, 0.2) is 5.82 Å². The molecule has 3 rings (SSSR count). The Morgan fingerprint density at radius 1 is 1.17 bits per heavy atom. The summed E-state index contributed by atoms with van der Waals surface area (Å²) in [5, 5.41) is 11.8. The molecule has 3 aromatic rings. The molecule has 0 aliphatic rings. The summed E-state index contributed by atoms with van der Waals surface area (Å²) < 4.78 is 7.58. The van der Waals surface area contributed by atoms with Gasteiger partial charge in [0.2, 0.25) is 4.77 Å². The third kappa shape index (κ3) is 3.85. The summed E-state index contributed by atoms with van der Waals surface area (Å²) in [5.41, 5.74) is 0.798. The fourth-order valence-electron chi connectivity index (χ4n) is 1.90. The van der Waals surface area contributed by atoms with Gasteiger partial charge in [-0.25, -0.2) is 5.10 Å². The van der Waals surface area contributed by atoms with Crippen LogP contribution in [0.3, 0.4) is 0 Å². The first-order valence-corrected chi connectivity index (χ1v) is 7.66. The van der Waals surface area contributed by atoms with Crippen molar-refractivity contribution in [3.63, 3.8) is 0 Å². The molecule has 23 heavy (non-hydrogen) atoms. The second kappa shape index (κ2) is 7.21. The van der Waals surface area contributed by atoms with E-state index in [-0.39, 0.29) is 6.61 Å². The van der Waals surface area contributed by atoms with Gasteiger partial charge in [-0.15, -0.1) is 0 Å². The quantitative estimate of drug-likeness (QED) is 0.561. The number of aromatic nitrogens is 3. The molecule has 0 radical (unpaired) electrons. The highest BCUT2D eigenvalue weighted by molar-refractivity contribution is 7.71. The minimum absolute atomic E-state index is 0.247. The molecule has 0 unspecified atom stereocenters. The summed E-state index contributed by atoms with van der Waals surface area (Å²) in [6.45, 7) is 0.247. The van der Waals surface area contributed by atoms with Crippen molar-refractivity contribution in [3.8, 4) is 5.75 Å². The van der Waals surface area contributed by atoms with Gasteiger partial charge in [0.1, 0.15) is 12.4 Å². The van der Waals surface area contributed by atoms with Crippen molar-refractivity contribution < 1.29 is 4.74 Å². The molecule has 0 atom stereocenters. The zero-order chi connectivity index (χ0) is 16.1. The number of ether oxygens (including phenoxy) is 1. The number of hydrogen-bond donors (Lipinski definition) is 1. The molecule has 0 saturated carbocycles. The Bertz CT molecular complexity index is 873. The predicted molar refractivity (Wildman–Crippen MR) is 92.6 cm³/mol. The summed E-state index contributed by atoms with van der Waals surface area (Å²) in [6, 6.07) is 16.9. The lowest BCUT2D eigenvalue weighted by atomic mass is 10.2. The first-order chi connectivity index (χ1) is 11.2. The lowest BCUT2D eigenvalue weighted by Crippen LogP contribution is -2.04. The van der Waals surface area contributed by atoms with Gasteiger partial charge in [-0.3, -0.25) is 0 Å². The predicted octanol–water partition coefficient (Wildman–Crippen LogP) is 4.06. The van der Waals surface area contributed by atoms with E-state index in [0.717, 1.165) is 11.3 Å². The number of nitrogens with zero attached hydrogens (tertiary/aromatic N) is 3. The van der Waals surface area contributed by atoms with Crippen LogP contribution < -0.4 is 4.74 Å². The maximum absolute atomic E-state index is 6.11. The maximum atomic E-state index is 6.11. The van der Waals surface area contributed by atoms with Crippen molar-refractivity contribution in [3.05, 3.63) is 75.8 Å². The zero-order valence-electron chi connectivity index (χ0n) is 12.0. The number of para-hydroxylation sites is 1. The molecule has 7 heteroatoms. The van der Waals surface area contributed by atoms with Crippen molar-refractivity contribution in [1.29, 1.82) is 0 Å². The molecule has 0 spiro atoms. The van der Waals surface area contributed by atoms with Crippen LogP contribution in [0.1, 0.15) is 11.4 Å². The number of hydrogen-bond acceptors (Lipinski definition) is 4. The molecule has 1 aromatic heterocycles.